The van der Waals surface area contributed by atoms with Crippen LogP contribution in [0.5, 0.6) is 0 Å². The van der Waals surface area contributed by atoms with E-state index in [0.717, 1.165) is 49.0 Å². The summed E-state index contributed by atoms with van der Waals surface area (Å²) in [4.78, 5) is 28.2. The molecule has 2 aromatic heterocycles. The summed E-state index contributed by atoms with van der Waals surface area (Å²) < 4.78 is 59.5. The Morgan fingerprint density at radius 1 is 1.33 bits per heavy atom. The van der Waals surface area contributed by atoms with Gasteiger partial charge in [0.15, 0.2) is 5.69 Å². The summed E-state index contributed by atoms with van der Waals surface area (Å²) in [6, 6.07) is 1.62. The molecule has 0 aromatic carbocycles. The van der Waals surface area contributed by atoms with Crippen molar-refractivity contribution in [2.24, 2.45) is 17.5 Å². The summed E-state index contributed by atoms with van der Waals surface area (Å²) in [5, 5.41) is 13.7. The van der Waals surface area contributed by atoms with E-state index in [1.54, 1.807) is 0 Å². The zero-order valence-corrected chi connectivity index (χ0v) is 21.0. The van der Waals surface area contributed by atoms with Crippen molar-refractivity contribution in [3.63, 3.8) is 0 Å². The van der Waals surface area contributed by atoms with E-state index in [1.807, 2.05) is 0 Å². The number of pyridine rings is 1. The molecule has 3 heterocycles. The van der Waals surface area contributed by atoms with Crippen LogP contribution in [0.4, 0.5) is 17.6 Å². The molecular weight excluding hydrogens is 526 g/mol. The van der Waals surface area contributed by atoms with Gasteiger partial charge >= 0.3 is 6.18 Å². The second kappa shape index (κ2) is 13.8. The van der Waals surface area contributed by atoms with E-state index in [9.17, 15) is 27.2 Å². The summed E-state index contributed by atoms with van der Waals surface area (Å²) in [6.07, 6.45) is -0.654. The molecule has 214 valence electrons. The van der Waals surface area contributed by atoms with Gasteiger partial charge in [-0.05, 0) is 30.9 Å². The van der Waals surface area contributed by atoms with Crippen molar-refractivity contribution < 1.29 is 31.9 Å². The van der Waals surface area contributed by atoms with Crippen molar-refractivity contribution in [2.75, 3.05) is 26.3 Å². The highest BCUT2D eigenvalue weighted by molar-refractivity contribution is 5.92. The number of rotatable bonds is 12. The largest absolute Gasteiger partial charge is 0.416 e. The molecule has 16 heteroatoms. The Hall–Kier alpha value is -3.79. The standard InChI is InChI=1S/C23H31F4N9O3/c24-17(4-6-36-13-20(33-34-36)22(38)31-9-15-2-1-7-39-14-15)11-35(29)12-19(28)21(37)32-10-18-8-16(3-5-30-18)23(25,26)27/h3,5,8,12-13,15,17H,1-2,4,6-7,9-11,14,28-29H2,(H,31,38)(H,32,37)/b19-12-. The van der Waals surface area contributed by atoms with Crippen LogP contribution in [-0.2, 0) is 28.8 Å². The third kappa shape index (κ3) is 9.79. The van der Waals surface area contributed by atoms with E-state index in [-0.39, 0.29) is 55.0 Å². The van der Waals surface area contributed by atoms with E-state index in [1.165, 1.54) is 10.9 Å². The highest BCUT2D eigenvalue weighted by Crippen LogP contribution is 2.28. The van der Waals surface area contributed by atoms with E-state index < -0.39 is 23.8 Å². The number of aromatic nitrogens is 4. The molecule has 0 spiro atoms. The Morgan fingerprint density at radius 3 is 2.85 bits per heavy atom. The maximum absolute atomic E-state index is 14.4. The molecule has 2 aromatic rings. The Kier molecular flexibility index (Phi) is 10.6. The van der Waals surface area contributed by atoms with Crippen molar-refractivity contribution in [3.8, 4) is 0 Å². The predicted octanol–water partition coefficient (Wildman–Crippen LogP) is 0.869. The monoisotopic (exact) mass is 557 g/mol. The fraction of sp³-hybridized carbons (Fsp3) is 0.522. The highest BCUT2D eigenvalue weighted by Gasteiger charge is 2.30. The number of carbonyl (C=O) groups excluding carboxylic acids is 2. The number of alkyl halides is 4. The molecule has 1 aliphatic rings. The quantitative estimate of drug-likeness (QED) is 0.128. The second-order valence-corrected chi connectivity index (χ2v) is 9.04. The molecule has 39 heavy (non-hydrogen) atoms. The first-order chi connectivity index (χ1) is 18.5. The summed E-state index contributed by atoms with van der Waals surface area (Å²) in [5.41, 5.74) is 4.48. The molecule has 1 fully saturated rings. The van der Waals surface area contributed by atoms with Crippen LogP contribution in [0.1, 0.15) is 41.0 Å². The Labute approximate surface area is 221 Å². The lowest BCUT2D eigenvalue weighted by Crippen LogP contribution is -2.36. The summed E-state index contributed by atoms with van der Waals surface area (Å²) >= 11 is 0. The van der Waals surface area contributed by atoms with Crippen LogP contribution in [-0.4, -0.2) is 69.3 Å². The van der Waals surface area contributed by atoms with Gasteiger partial charge in [-0.15, -0.1) is 5.10 Å². The molecule has 2 amide bonds. The minimum absolute atomic E-state index is 0.0152. The van der Waals surface area contributed by atoms with Crippen molar-refractivity contribution in [1.29, 1.82) is 0 Å². The number of hydrogen-bond acceptors (Lipinski definition) is 9. The van der Waals surface area contributed by atoms with Crippen LogP contribution in [0.15, 0.2) is 36.4 Å². The van der Waals surface area contributed by atoms with Gasteiger partial charge in [-0.2, -0.15) is 13.2 Å². The molecule has 1 saturated heterocycles. The van der Waals surface area contributed by atoms with Gasteiger partial charge in [0.05, 0.1) is 37.2 Å². The number of hydrazine groups is 1. The minimum atomic E-state index is -4.54. The van der Waals surface area contributed by atoms with Crippen LogP contribution in [0.3, 0.4) is 0 Å². The van der Waals surface area contributed by atoms with E-state index >= 15 is 0 Å². The zero-order chi connectivity index (χ0) is 28.4. The maximum atomic E-state index is 14.4. The fourth-order valence-corrected chi connectivity index (χ4v) is 3.71. The van der Waals surface area contributed by atoms with Crippen LogP contribution < -0.4 is 22.2 Å². The molecule has 2 unspecified atom stereocenters. The SMILES string of the molecule is N/C(=C\N(N)CC(F)CCn1cc(C(=O)NCC2CCCOC2)nn1)C(=O)NCc1cc(C(F)(F)F)ccn1. The number of ether oxygens (including phenoxy) is 1. The minimum Gasteiger partial charge on any atom is -0.393 e. The average Bonchev–Trinajstić information content (AvgIpc) is 3.38. The van der Waals surface area contributed by atoms with Gasteiger partial charge in [-0.3, -0.25) is 19.3 Å². The molecule has 3 rings (SSSR count). The molecule has 0 aliphatic carbocycles. The van der Waals surface area contributed by atoms with E-state index in [2.05, 4.69) is 25.9 Å². The van der Waals surface area contributed by atoms with Crippen molar-refractivity contribution in [2.45, 2.75) is 44.7 Å². The van der Waals surface area contributed by atoms with Crippen LogP contribution >= 0.6 is 0 Å². The van der Waals surface area contributed by atoms with Gasteiger partial charge in [0.2, 0.25) is 0 Å². The fourth-order valence-electron chi connectivity index (χ4n) is 3.71. The van der Waals surface area contributed by atoms with Gasteiger partial charge in [0.1, 0.15) is 11.9 Å². The van der Waals surface area contributed by atoms with Gasteiger partial charge < -0.3 is 26.1 Å². The maximum Gasteiger partial charge on any atom is 0.416 e. The Morgan fingerprint density at radius 2 is 2.13 bits per heavy atom. The third-order valence-electron chi connectivity index (χ3n) is 5.80. The number of nitrogens with one attached hydrogen (secondary N) is 2. The van der Waals surface area contributed by atoms with E-state index in [4.69, 9.17) is 16.3 Å². The average molecular weight is 558 g/mol. The second-order valence-electron chi connectivity index (χ2n) is 9.04. The van der Waals surface area contributed by atoms with Crippen LogP contribution in [0.2, 0.25) is 0 Å². The lowest BCUT2D eigenvalue weighted by atomic mass is 10.0. The van der Waals surface area contributed by atoms with Gasteiger partial charge in [-0.25, -0.2) is 10.2 Å². The van der Waals surface area contributed by atoms with E-state index in [0.29, 0.717) is 13.2 Å². The Bertz CT molecular complexity index is 1140. The van der Waals surface area contributed by atoms with Gasteiger partial charge in [0, 0.05) is 38.5 Å². The molecule has 12 nitrogen and oxygen atoms in total. The summed E-state index contributed by atoms with van der Waals surface area (Å²) in [5.74, 6) is 4.78. The van der Waals surface area contributed by atoms with Crippen molar-refractivity contribution in [1.82, 2.24) is 35.6 Å². The lowest BCUT2D eigenvalue weighted by Gasteiger charge is -2.21. The highest BCUT2D eigenvalue weighted by atomic mass is 19.4. The first-order valence-corrected chi connectivity index (χ1v) is 12.2. The number of carbonyl (C=O) groups is 2. The zero-order valence-electron chi connectivity index (χ0n) is 21.0. The first-order valence-electron chi connectivity index (χ1n) is 12.2. The van der Waals surface area contributed by atoms with Crippen molar-refractivity contribution >= 4 is 11.8 Å². The molecule has 1 aliphatic heterocycles. The number of amides is 2. The lowest BCUT2D eigenvalue weighted by molar-refractivity contribution is -0.137. The normalized spacial score (nSPS) is 16.9. The first kappa shape index (κ1) is 29.8. The smallest absolute Gasteiger partial charge is 0.393 e. The molecule has 0 bridgehead atoms. The van der Waals surface area contributed by atoms with Crippen molar-refractivity contribution in [3.05, 3.63) is 53.4 Å². The number of nitrogens with zero attached hydrogens (tertiary/aromatic N) is 5. The molecule has 0 saturated carbocycles. The molecular formula is C23H31F4N9O3. The van der Waals surface area contributed by atoms with Crippen LogP contribution in [0.25, 0.3) is 0 Å². The summed E-state index contributed by atoms with van der Waals surface area (Å²) in [7, 11) is 0. The molecule has 6 N–H and O–H groups in total. The topological polar surface area (TPSA) is 166 Å². The van der Waals surface area contributed by atoms with Gasteiger partial charge in [-0.1, -0.05) is 5.21 Å². The number of hydrogen-bond donors (Lipinski definition) is 4. The third-order valence-corrected chi connectivity index (χ3v) is 5.80. The predicted molar refractivity (Wildman–Crippen MR) is 130 cm³/mol. The molecule has 0 radical (unpaired) electrons. The number of aryl methyl sites for hydroxylation is 1. The van der Waals surface area contributed by atoms with Crippen LogP contribution in [0, 0.1) is 5.92 Å². The summed E-state index contributed by atoms with van der Waals surface area (Å²) in [6.45, 7) is 1.32. The number of nitrogens with two attached hydrogens (primary N) is 2. The number of halogens is 4. The van der Waals surface area contributed by atoms with Gasteiger partial charge in [0.25, 0.3) is 11.8 Å². The Balaban J connectivity index is 1.39. The molecule has 2 atom stereocenters.